The number of aryl methyl sites for hydroxylation is 2. The predicted molar refractivity (Wildman–Crippen MR) is 116 cm³/mol. The fraction of sp³-hybridized carbons (Fsp3) is 0.389. The number of carboxylic acid groups (broad SMARTS) is 1. The first-order chi connectivity index (χ1) is 15.0. The minimum absolute atomic E-state index is 0.0870. The van der Waals surface area contributed by atoms with Crippen LogP contribution in [0.25, 0.3) is 0 Å². The fourth-order valence-electron chi connectivity index (χ4n) is 2.75. The SMILES string of the molecule is Cc1nn(C)c(Cl)c1S(=O)(=O)N[C@@H](Cc1ccc(OCCCONC(=N)N)cc1)C(=O)O. The van der Waals surface area contributed by atoms with Gasteiger partial charge >= 0.3 is 5.97 Å². The molecule has 0 bridgehead atoms. The van der Waals surface area contributed by atoms with E-state index in [2.05, 4.69) is 15.3 Å². The van der Waals surface area contributed by atoms with Crippen LogP contribution in [-0.4, -0.2) is 54.5 Å². The monoisotopic (exact) mass is 488 g/mol. The molecule has 0 saturated heterocycles. The molecule has 0 amide bonds. The minimum Gasteiger partial charge on any atom is -0.494 e. The first-order valence-electron chi connectivity index (χ1n) is 9.39. The van der Waals surface area contributed by atoms with Gasteiger partial charge in [-0.15, -0.1) is 0 Å². The first-order valence-corrected chi connectivity index (χ1v) is 11.2. The predicted octanol–water partition coefficient (Wildman–Crippen LogP) is 0.540. The Morgan fingerprint density at radius 3 is 2.53 bits per heavy atom. The van der Waals surface area contributed by atoms with Gasteiger partial charge in [-0.25, -0.2) is 13.9 Å². The molecule has 12 nitrogen and oxygen atoms in total. The van der Waals surface area contributed by atoms with Crippen molar-refractivity contribution in [3.63, 3.8) is 0 Å². The van der Waals surface area contributed by atoms with E-state index in [1.54, 1.807) is 24.3 Å². The summed E-state index contributed by atoms with van der Waals surface area (Å²) in [6.45, 7) is 2.11. The third kappa shape index (κ3) is 7.09. The topological polar surface area (TPSA) is 182 Å². The molecular weight excluding hydrogens is 464 g/mol. The maximum atomic E-state index is 12.7. The second-order valence-electron chi connectivity index (χ2n) is 6.76. The lowest BCUT2D eigenvalue weighted by atomic mass is 10.1. The zero-order chi connectivity index (χ0) is 23.9. The molecule has 6 N–H and O–H groups in total. The number of ether oxygens (including phenoxy) is 1. The van der Waals surface area contributed by atoms with Crippen LogP contribution in [0.4, 0.5) is 0 Å². The van der Waals surface area contributed by atoms with Crippen LogP contribution in [0.2, 0.25) is 5.15 Å². The van der Waals surface area contributed by atoms with Crippen molar-refractivity contribution in [3.8, 4) is 5.75 Å². The number of nitrogens with two attached hydrogens (primary N) is 1. The van der Waals surface area contributed by atoms with E-state index in [1.165, 1.54) is 18.7 Å². The number of carboxylic acids is 1. The Morgan fingerprint density at radius 2 is 2.00 bits per heavy atom. The summed E-state index contributed by atoms with van der Waals surface area (Å²) in [5.74, 6) is -1.06. The van der Waals surface area contributed by atoms with Crippen LogP contribution in [-0.2, 0) is 33.1 Å². The van der Waals surface area contributed by atoms with E-state index in [0.29, 0.717) is 30.9 Å². The molecule has 0 fully saturated rings. The Hall–Kier alpha value is -2.87. The standard InChI is InChI=1S/C18H25ClN6O6S/c1-11-15(16(19)25(2)22-11)32(28,29)24-14(17(26)27)10-12-4-6-13(7-5-12)30-8-3-9-31-23-18(20)21/h4-7,14,24H,3,8-10H2,1-2H3,(H,26,27)(H4,20,21,23)/t14-/m0/s1. The van der Waals surface area contributed by atoms with Gasteiger partial charge < -0.3 is 15.6 Å². The van der Waals surface area contributed by atoms with Gasteiger partial charge in [-0.1, -0.05) is 23.7 Å². The maximum Gasteiger partial charge on any atom is 0.322 e. The molecular formula is C18H25ClN6O6S. The third-order valence-corrected chi connectivity index (χ3v) is 6.34. The number of hydrogen-bond donors (Lipinski definition) is 5. The van der Waals surface area contributed by atoms with Crippen molar-refractivity contribution in [3.05, 3.63) is 40.7 Å². The third-order valence-electron chi connectivity index (χ3n) is 4.17. The number of halogens is 1. The number of aliphatic carboxylic acids is 1. The van der Waals surface area contributed by atoms with Gasteiger partial charge in [0.05, 0.1) is 18.9 Å². The molecule has 0 saturated carbocycles. The summed E-state index contributed by atoms with van der Waals surface area (Å²) in [5, 5.41) is 20.3. The van der Waals surface area contributed by atoms with E-state index in [1.807, 2.05) is 0 Å². The number of hydroxylamine groups is 1. The highest BCUT2D eigenvalue weighted by molar-refractivity contribution is 7.89. The fourth-order valence-corrected chi connectivity index (χ4v) is 4.69. The summed E-state index contributed by atoms with van der Waals surface area (Å²) in [5.41, 5.74) is 8.04. The molecule has 0 aliphatic heterocycles. The molecule has 32 heavy (non-hydrogen) atoms. The number of guanidine groups is 1. The van der Waals surface area contributed by atoms with Gasteiger partial charge in [-0.3, -0.25) is 19.7 Å². The van der Waals surface area contributed by atoms with E-state index in [0.717, 1.165) is 0 Å². The summed E-state index contributed by atoms with van der Waals surface area (Å²) in [4.78, 5) is 16.3. The van der Waals surface area contributed by atoms with Gasteiger partial charge in [0.25, 0.3) is 0 Å². The molecule has 2 aromatic rings. The molecule has 14 heteroatoms. The summed E-state index contributed by atoms with van der Waals surface area (Å²) < 4.78 is 34.4. The number of rotatable bonds is 12. The summed E-state index contributed by atoms with van der Waals surface area (Å²) in [6.07, 6.45) is 0.456. The average molecular weight is 489 g/mol. The lowest BCUT2D eigenvalue weighted by Crippen LogP contribution is -2.42. The molecule has 1 atom stereocenters. The molecule has 1 aromatic carbocycles. The van der Waals surface area contributed by atoms with Gasteiger partial charge in [0, 0.05) is 13.5 Å². The van der Waals surface area contributed by atoms with E-state index < -0.39 is 22.0 Å². The molecule has 0 aliphatic carbocycles. The van der Waals surface area contributed by atoms with Crippen LogP contribution in [0.5, 0.6) is 5.75 Å². The minimum atomic E-state index is -4.21. The Kier molecular flexibility index (Phi) is 8.83. The van der Waals surface area contributed by atoms with Gasteiger partial charge in [-0.2, -0.15) is 9.82 Å². The smallest absolute Gasteiger partial charge is 0.322 e. The van der Waals surface area contributed by atoms with Crippen molar-refractivity contribution in [2.45, 2.75) is 30.7 Å². The Bertz CT molecular complexity index is 1060. The second-order valence-corrected chi connectivity index (χ2v) is 8.76. The second kappa shape index (κ2) is 11.1. The quantitative estimate of drug-likeness (QED) is 0.123. The first kappa shape index (κ1) is 25.4. The highest BCUT2D eigenvalue weighted by atomic mass is 35.5. The molecule has 2 rings (SSSR count). The number of aromatic nitrogens is 2. The molecule has 0 unspecified atom stereocenters. The lowest BCUT2D eigenvalue weighted by molar-refractivity contribution is -0.138. The van der Waals surface area contributed by atoms with Gasteiger partial charge in [0.1, 0.15) is 21.8 Å². The highest BCUT2D eigenvalue weighted by Gasteiger charge is 2.30. The van der Waals surface area contributed by atoms with Gasteiger partial charge in [0.15, 0.2) is 0 Å². The molecule has 0 spiro atoms. The highest BCUT2D eigenvalue weighted by Crippen LogP contribution is 2.24. The average Bonchev–Trinajstić information content (AvgIpc) is 2.97. The van der Waals surface area contributed by atoms with Crippen molar-refractivity contribution >= 4 is 33.6 Å². The number of hydrogen-bond acceptors (Lipinski definition) is 7. The number of nitrogens with zero attached hydrogens (tertiary/aromatic N) is 2. The van der Waals surface area contributed by atoms with E-state index in [-0.39, 0.29) is 28.1 Å². The lowest BCUT2D eigenvalue weighted by Gasteiger charge is -2.15. The number of carbonyl (C=O) groups is 1. The van der Waals surface area contributed by atoms with E-state index in [4.69, 9.17) is 32.3 Å². The molecule has 0 radical (unpaired) electrons. The number of benzene rings is 1. The Morgan fingerprint density at radius 1 is 1.34 bits per heavy atom. The molecule has 176 valence electrons. The van der Waals surface area contributed by atoms with E-state index >= 15 is 0 Å². The van der Waals surface area contributed by atoms with Crippen molar-refractivity contribution in [2.75, 3.05) is 13.2 Å². The molecule has 1 heterocycles. The van der Waals surface area contributed by atoms with Crippen LogP contribution < -0.4 is 20.7 Å². The van der Waals surface area contributed by atoms with Crippen LogP contribution in [0.1, 0.15) is 17.7 Å². The van der Waals surface area contributed by atoms with Crippen molar-refractivity contribution < 1.29 is 27.9 Å². The van der Waals surface area contributed by atoms with Crippen LogP contribution in [0.15, 0.2) is 29.2 Å². The molecule has 1 aromatic heterocycles. The zero-order valence-corrected chi connectivity index (χ0v) is 19.0. The molecule has 0 aliphatic rings. The van der Waals surface area contributed by atoms with Gasteiger partial charge in [0.2, 0.25) is 16.0 Å². The van der Waals surface area contributed by atoms with Crippen LogP contribution in [0.3, 0.4) is 0 Å². The number of nitrogens with one attached hydrogen (secondary N) is 3. The zero-order valence-electron chi connectivity index (χ0n) is 17.5. The summed E-state index contributed by atoms with van der Waals surface area (Å²) >= 11 is 6.02. The largest absolute Gasteiger partial charge is 0.494 e. The van der Waals surface area contributed by atoms with Gasteiger partial charge in [-0.05, 0) is 31.0 Å². The maximum absolute atomic E-state index is 12.7. The number of sulfonamides is 1. The van der Waals surface area contributed by atoms with E-state index in [9.17, 15) is 18.3 Å². The van der Waals surface area contributed by atoms with Crippen molar-refractivity contribution in [2.24, 2.45) is 12.8 Å². The van der Waals surface area contributed by atoms with Crippen molar-refractivity contribution in [1.82, 2.24) is 20.0 Å². The normalized spacial score (nSPS) is 12.3. The Labute approximate surface area is 190 Å². The Balaban J connectivity index is 1.97. The summed E-state index contributed by atoms with van der Waals surface area (Å²) in [7, 11) is -2.72. The summed E-state index contributed by atoms with van der Waals surface area (Å²) in [6, 6.07) is 5.19. The van der Waals surface area contributed by atoms with Crippen molar-refractivity contribution in [1.29, 1.82) is 5.41 Å². The van der Waals surface area contributed by atoms with Crippen LogP contribution in [0, 0.1) is 12.3 Å². The van der Waals surface area contributed by atoms with Crippen LogP contribution >= 0.6 is 11.6 Å².